The number of halogens is 1. The summed E-state index contributed by atoms with van der Waals surface area (Å²) in [6, 6.07) is 15.8. The van der Waals surface area contributed by atoms with Crippen molar-refractivity contribution in [3.8, 4) is 0 Å². The molecule has 5 nitrogen and oxygen atoms in total. The molecule has 0 saturated carbocycles. The van der Waals surface area contributed by atoms with Gasteiger partial charge in [-0.3, -0.25) is 4.79 Å². The highest BCUT2D eigenvalue weighted by Crippen LogP contribution is 2.22. The Kier molecular flexibility index (Phi) is 9.01. The van der Waals surface area contributed by atoms with Crippen molar-refractivity contribution in [2.24, 2.45) is 5.92 Å². The number of thioether (sulfide) groups is 1. The van der Waals surface area contributed by atoms with Gasteiger partial charge in [-0.05, 0) is 43.0 Å². The summed E-state index contributed by atoms with van der Waals surface area (Å²) in [4.78, 5) is 12.5. The molecule has 1 N–H and O–H groups in total. The Morgan fingerprint density at radius 1 is 1.06 bits per heavy atom. The Morgan fingerprint density at radius 3 is 2.32 bits per heavy atom. The third kappa shape index (κ3) is 7.63. The van der Waals surface area contributed by atoms with E-state index in [0.29, 0.717) is 32.5 Å². The molecule has 1 aliphatic heterocycles. The van der Waals surface area contributed by atoms with E-state index in [9.17, 15) is 13.2 Å². The number of carbonyl (C=O) groups is 1. The molecule has 168 valence electrons. The zero-order chi connectivity index (χ0) is 22.3. The van der Waals surface area contributed by atoms with E-state index >= 15 is 0 Å². The first kappa shape index (κ1) is 24.3. The molecule has 1 aliphatic rings. The second-order valence-electron chi connectivity index (χ2n) is 7.89. The van der Waals surface area contributed by atoms with Crippen LogP contribution in [0.5, 0.6) is 0 Å². The predicted octanol–water partition coefficient (Wildman–Crippen LogP) is 4.35. The van der Waals surface area contributed by atoms with Gasteiger partial charge in [0, 0.05) is 41.5 Å². The SMILES string of the molecule is Cc1ccc(CSCCNC(=O)C2CCN(S(=O)(=O)Cc3ccc(Br)cc3)CC2)cc1. The van der Waals surface area contributed by atoms with Crippen LogP contribution in [-0.4, -0.2) is 44.0 Å². The minimum atomic E-state index is -3.37. The molecule has 0 bridgehead atoms. The molecule has 0 spiro atoms. The fourth-order valence-electron chi connectivity index (χ4n) is 3.54. The van der Waals surface area contributed by atoms with Crippen LogP contribution < -0.4 is 5.32 Å². The molecule has 3 rings (SSSR count). The summed E-state index contributed by atoms with van der Waals surface area (Å²) >= 11 is 5.16. The van der Waals surface area contributed by atoms with Crippen LogP contribution in [0.4, 0.5) is 0 Å². The lowest BCUT2D eigenvalue weighted by molar-refractivity contribution is -0.125. The predicted molar refractivity (Wildman–Crippen MR) is 131 cm³/mol. The standard InChI is InChI=1S/C23H29BrN2O3S2/c1-18-2-4-19(5-3-18)16-30-15-12-25-23(27)21-10-13-26(14-11-21)31(28,29)17-20-6-8-22(24)9-7-20/h2-9,21H,10-17H2,1H3,(H,25,27). The lowest BCUT2D eigenvalue weighted by Gasteiger charge is -2.30. The van der Waals surface area contributed by atoms with Gasteiger partial charge in [0.15, 0.2) is 0 Å². The number of hydrogen-bond acceptors (Lipinski definition) is 4. The van der Waals surface area contributed by atoms with Gasteiger partial charge in [-0.2, -0.15) is 11.8 Å². The van der Waals surface area contributed by atoms with Gasteiger partial charge in [-0.25, -0.2) is 12.7 Å². The Bertz CT molecular complexity index is 955. The Morgan fingerprint density at radius 2 is 1.68 bits per heavy atom. The van der Waals surface area contributed by atoms with Gasteiger partial charge in [-0.15, -0.1) is 0 Å². The fourth-order valence-corrected chi connectivity index (χ4v) is 6.19. The third-order valence-corrected chi connectivity index (χ3v) is 8.82. The molecule has 31 heavy (non-hydrogen) atoms. The number of nitrogens with zero attached hydrogens (tertiary/aromatic N) is 1. The molecule has 0 atom stereocenters. The fraction of sp³-hybridized carbons (Fsp3) is 0.435. The molecule has 1 saturated heterocycles. The molecule has 0 radical (unpaired) electrons. The average Bonchev–Trinajstić information content (AvgIpc) is 2.76. The first-order valence-electron chi connectivity index (χ1n) is 10.5. The average molecular weight is 526 g/mol. The van der Waals surface area contributed by atoms with Gasteiger partial charge in [0.05, 0.1) is 5.75 Å². The second kappa shape index (κ2) is 11.5. The molecule has 1 heterocycles. The summed E-state index contributed by atoms with van der Waals surface area (Å²) in [7, 11) is -3.37. The number of rotatable bonds is 9. The highest BCUT2D eigenvalue weighted by molar-refractivity contribution is 9.10. The smallest absolute Gasteiger partial charge is 0.223 e. The van der Waals surface area contributed by atoms with Crippen molar-refractivity contribution in [1.82, 2.24) is 9.62 Å². The van der Waals surface area contributed by atoms with E-state index in [4.69, 9.17) is 0 Å². The normalized spacial score (nSPS) is 15.7. The summed E-state index contributed by atoms with van der Waals surface area (Å²) < 4.78 is 27.9. The Hall–Kier alpha value is -1.35. The maximum atomic E-state index is 12.7. The van der Waals surface area contributed by atoms with Gasteiger partial charge in [0.1, 0.15) is 0 Å². The van der Waals surface area contributed by atoms with Crippen LogP contribution in [-0.2, 0) is 26.3 Å². The van der Waals surface area contributed by atoms with Crippen molar-refractivity contribution in [3.63, 3.8) is 0 Å². The largest absolute Gasteiger partial charge is 0.355 e. The van der Waals surface area contributed by atoms with Crippen molar-refractivity contribution in [3.05, 3.63) is 69.7 Å². The Labute approximate surface area is 198 Å². The van der Waals surface area contributed by atoms with E-state index in [2.05, 4.69) is 52.4 Å². The summed E-state index contributed by atoms with van der Waals surface area (Å²) in [5, 5.41) is 3.01. The lowest BCUT2D eigenvalue weighted by Crippen LogP contribution is -2.43. The Balaban J connectivity index is 1.36. The molecular formula is C23H29BrN2O3S2. The zero-order valence-electron chi connectivity index (χ0n) is 17.7. The zero-order valence-corrected chi connectivity index (χ0v) is 20.9. The van der Waals surface area contributed by atoms with E-state index in [1.807, 2.05) is 24.3 Å². The number of piperidine rings is 1. The number of benzene rings is 2. The summed E-state index contributed by atoms with van der Waals surface area (Å²) in [5.74, 6) is 1.72. The maximum Gasteiger partial charge on any atom is 0.223 e. The van der Waals surface area contributed by atoms with E-state index in [-0.39, 0.29) is 17.6 Å². The molecule has 0 unspecified atom stereocenters. The van der Waals surface area contributed by atoms with Crippen molar-refractivity contribution >= 4 is 43.6 Å². The molecule has 8 heteroatoms. The molecule has 1 fully saturated rings. The van der Waals surface area contributed by atoms with Gasteiger partial charge >= 0.3 is 0 Å². The number of amides is 1. The first-order valence-corrected chi connectivity index (χ1v) is 14.0. The summed E-state index contributed by atoms with van der Waals surface area (Å²) in [6.07, 6.45) is 1.14. The minimum absolute atomic E-state index is 0.00461. The van der Waals surface area contributed by atoms with Gasteiger partial charge in [0.25, 0.3) is 0 Å². The molecule has 1 amide bonds. The monoisotopic (exact) mass is 524 g/mol. The second-order valence-corrected chi connectivity index (χ2v) is 11.9. The summed E-state index contributed by atoms with van der Waals surface area (Å²) in [6.45, 7) is 3.52. The number of sulfonamides is 1. The van der Waals surface area contributed by atoms with Gasteiger partial charge < -0.3 is 5.32 Å². The van der Waals surface area contributed by atoms with Crippen LogP contribution in [0, 0.1) is 12.8 Å². The van der Waals surface area contributed by atoms with E-state index in [0.717, 1.165) is 21.5 Å². The van der Waals surface area contributed by atoms with E-state index in [1.54, 1.807) is 11.8 Å². The number of hydrogen-bond donors (Lipinski definition) is 1. The highest BCUT2D eigenvalue weighted by atomic mass is 79.9. The van der Waals surface area contributed by atoms with Crippen LogP contribution in [0.3, 0.4) is 0 Å². The molecule has 0 aromatic heterocycles. The van der Waals surface area contributed by atoms with Gasteiger partial charge in [0.2, 0.25) is 15.9 Å². The first-order chi connectivity index (χ1) is 14.8. The molecule has 2 aromatic carbocycles. The van der Waals surface area contributed by atoms with Crippen molar-refractivity contribution in [2.45, 2.75) is 31.3 Å². The van der Waals surface area contributed by atoms with Crippen molar-refractivity contribution in [1.29, 1.82) is 0 Å². The topological polar surface area (TPSA) is 66.5 Å². The molecule has 0 aliphatic carbocycles. The van der Waals surface area contributed by atoms with Crippen LogP contribution >= 0.6 is 27.7 Å². The molecule has 2 aromatic rings. The minimum Gasteiger partial charge on any atom is -0.355 e. The van der Waals surface area contributed by atoms with Crippen LogP contribution in [0.2, 0.25) is 0 Å². The van der Waals surface area contributed by atoms with Gasteiger partial charge in [-0.1, -0.05) is 57.9 Å². The van der Waals surface area contributed by atoms with Crippen LogP contribution in [0.15, 0.2) is 53.0 Å². The van der Waals surface area contributed by atoms with Crippen LogP contribution in [0.1, 0.15) is 29.5 Å². The summed E-state index contributed by atoms with van der Waals surface area (Å²) in [5.41, 5.74) is 3.32. The van der Waals surface area contributed by atoms with Crippen molar-refractivity contribution in [2.75, 3.05) is 25.4 Å². The van der Waals surface area contributed by atoms with E-state index in [1.165, 1.54) is 15.4 Å². The number of aryl methyl sites for hydroxylation is 1. The maximum absolute atomic E-state index is 12.7. The lowest BCUT2D eigenvalue weighted by atomic mass is 9.97. The van der Waals surface area contributed by atoms with Crippen molar-refractivity contribution < 1.29 is 13.2 Å². The number of nitrogens with one attached hydrogen (secondary N) is 1. The highest BCUT2D eigenvalue weighted by Gasteiger charge is 2.31. The molecular weight excluding hydrogens is 496 g/mol. The third-order valence-electron chi connectivity index (χ3n) is 5.42. The quantitative estimate of drug-likeness (QED) is 0.495. The number of carbonyl (C=O) groups excluding carboxylic acids is 1. The van der Waals surface area contributed by atoms with E-state index < -0.39 is 10.0 Å². The van der Waals surface area contributed by atoms with Crippen LogP contribution in [0.25, 0.3) is 0 Å².